The molecule has 0 bridgehead atoms. The molecule has 1 fully saturated rings. The van der Waals surface area contributed by atoms with Gasteiger partial charge in [-0.25, -0.2) is 9.48 Å². The van der Waals surface area contributed by atoms with E-state index in [9.17, 15) is 14.5 Å². The van der Waals surface area contributed by atoms with Gasteiger partial charge in [0.1, 0.15) is 12.2 Å². The summed E-state index contributed by atoms with van der Waals surface area (Å²) in [6.07, 6.45) is -0.522. The lowest BCUT2D eigenvalue weighted by Gasteiger charge is -2.29. The summed E-state index contributed by atoms with van der Waals surface area (Å²) in [6.45, 7) is 3.31. The van der Waals surface area contributed by atoms with Gasteiger partial charge in [0, 0.05) is 0 Å². The summed E-state index contributed by atoms with van der Waals surface area (Å²) in [5.41, 5.74) is 1.54. The molecule has 1 saturated heterocycles. The van der Waals surface area contributed by atoms with Crippen molar-refractivity contribution in [3.63, 3.8) is 0 Å². The molecule has 3 aromatic rings. The summed E-state index contributed by atoms with van der Waals surface area (Å²) >= 11 is 0. The Hall–Kier alpha value is -2.92. The number of benzene rings is 2. The van der Waals surface area contributed by atoms with Crippen molar-refractivity contribution in [2.75, 3.05) is 7.11 Å². The van der Waals surface area contributed by atoms with E-state index in [4.69, 9.17) is 18.5 Å². The second-order valence-electron chi connectivity index (χ2n) is 8.93. The monoisotopic (exact) mass is 531 g/mol. The van der Waals surface area contributed by atoms with Gasteiger partial charge < -0.3 is 28.4 Å². The molecular weight excluding hydrogens is 501 g/mol. The Morgan fingerprint density at radius 3 is 2.16 bits per heavy atom. The van der Waals surface area contributed by atoms with Crippen molar-refractivity contribution in [3.05, 3.63) is 83.7 Å². The van der Waals surface area contributed by atoms with Crippen LogP contribution in [0.4, 0.5) is 0 Å². The standard InChI is InChI=1S/C25H30N3O8P/c1-25(2)35-21(15-28-14-20(26-27-28)23(29)32-3)22(36-25)24(30)37(31,33-16-18-10-6-4-7-11-18)34-17-19-12-8-5-9-13-19/h4-14,21-22,24,30H,15-17H2,1-3H3/t21-,22+,24-/m0/s1. The lowest BCUT2D eigenvalue weighted by Crippen LogP contribution is -2.38. The second kappa shape index (κ2) is 11.6. The quantitative estimate of drug-likeness (QED) is 0.290. The number of aliphatic hydroxyl groups is 1. The minimum absolute atomic E-state index is 0.0147. The Morgan fingerprint density at radius 1 is 1.05 bits per heavy atom. The van der Waals surface area contributed by atoms with Crippen LogP contribution < -0.4 is 0 Å². The van der Waals surface area contributed by atoms with E-state index in [2.05, 4.69) is 15.0 Å². The molecular formula is C25H30N3O8P. The molecule has 0 radical (unpaired) electrons. The van der Waals surface area contributed by atoms with Gasteiger partial charge in [-0.15, -0.1) is 5.10 Å². The topological polar surface area (TPSA) is 131 Å². The van der Waals surface area contributed by atoms with E-state index in [1.165, 1.54) is 18.0 Å². The summed E-state index contributed by atoms with van der Waals surface area (Å²) in [6, 6.07) is 18.3. The molecule has 198 valence electrons. The maximum atomic E-state index is 14.1. The van der Waals surface area contributed by atoms with Crippen molar-refractivity contribution in [1.82, 2.24) is 15.0 Å². The van der Waals surface area contributed by atoms with E-state index >= 15 is 0 Å². The Bertz CT molecular complexity index is 1170. The van der Waals surface area contributed by atoms with E-state index in [1.54, 1.807) is 13.8 Å². The van der Waals surface area contributed by atoms with Gasteiger partial charge in [-0.05, 0) is 25.0 Å². The van der Waals surface area contributed by atoms with Crippen molar-refractivity contribution in [3.8, 4) is 0 Å². The van der Waals surface area contributed by atoms with Crippen LogP contribution >= 0.6 is 7.60 Å². The summed E-state index contributed by atoms with van der Waals surface area (Å²) in [4.78, 5) is 11.7. The van der Waals surface area contributed by atoms with Gasteiger partial charge in [-0.1, -0.05) is 65.9 Å². The molecule has 11 nitrogen and oxygen atoms in total. The molecule has 12 heteroatoms. The van der Waals surface area contributed by atoms with E-state index in [0.717, 1.165) is 11.1 Å². The van der Waals surface area contributed by atoms with Gasteiger partial charge in [-0.2, -0.15) is 0 Å². The number of carbonyl (C=O) groups excluding carboxylic acids is 1. The molecule has 1 aliphatic rings. The van der Waals surface area contributed by atoms with Gasteiger partial charge in [-0.3, -0.25) is 4.57 Å². The average molecular weight is 532 g/mol. The predicted octanol–water partition coefficient (Wildman–Crippen LogP) is 3.53. The first kappa shape index (κ1) is 27.1. The number of carbonyl (C=O) groups is 1. The average Bonchev–Trinajstić information content (AvgIpc) is 3.50. The van der Waals surface area contributed by atoms with Crippen molar-refractivity contribution in [2.24, 2.45) is 0 Å². The van der Waals surface area contributed by atoms with Crippen LogP contribution in [0.25, 0.3) is 0 Å². The van der Waals surface area contributed by atoms with Crippen LogP contribution in [0.15, 0.2) is 66.9 Å². The van der Waals surface area contributed by atoms with Gasteiger partial charge in [0.05, 0.1) is 33.1 Å². The van der Waals surface area contributed by atoms with Crippen LogP contribution in [0.1, 0.15) is 35.5 Å². The van der Waals surface area contributed by atoms with Crippen molar-refractivity contribution >= 4 is 13.6 Å². The lowest BCUT2D eigenvalue weighted by atomic mass is 10.2. The van der Waals surface area contributed by atoms with E-state index in [0.29, 0.717) is 0 Å². The molecule has 0 amide bonds. The van der Waals surface area contributed by atoms with E-state index < -0.39 is 37.4 Å². The molecule has 2 aromatic carbocycles. The van der Waals surface area contributed by atoms with E-state index in [1.807, 2.05) is 60.7 Å². The van der Waals surface area contributed by atoms with Crippen LogP contribution in [0, 0.1) is 0 Å². The molecule has 0 aliphatic carbocycles. The number of aliphatic hydroxyl groups excluding tert-OH is 1. The molecule has 0 saturated carbocycles. The number of ether oxygens (including phenoxy) is 3. The van der Waals surface area contributed by atoms with E-state index in [-0.39, 0.29) is 25.5 Å². The SMILES string of the molecule is COC(=O)c1cn(C[C@@H]2OC(C)(C)O[C@H]2[C@@H](O)P(=O)(OCc2ccccc2)OCc2ccccc2)nn1. The summed E-state index contributed by atoms with van der Waals surface area (Å²) in [5.74, 6) is -3.43. The fourth-order valence-electron chi connectivity index (χ4n) is 3.87. The molecule has 1 N–H and O–H groups in total. The molecule has 3 atom stereocenters. The smallest absolute Gasteiger partial charge is 0.362 e. The molecule has 4 rings (SSSR count). The Labute approximate surface area is 214 Å². The van der Waals surface area contributed by atoms with Crippen LogP contribution in [-0.2, 0) is 47.6 Å². The van der Waals surface area contributed by atoms with Gasteiger partial charge >= 0.3 is 13.6 Å². The van der Waals surface area contributed by atoms with Gasteiger partial charge in [0.15, 0.2) is 17.3 Å². The van der Waals surface area contributed by atoms with Crippen molar-refractivity contribution in [2.45, 2.75) is 57.4 Å². The molecule has 0 unspecified atom stereocenters. The zero-order chi connectivity index (χ0) is 26.5. The molecule has 0 spiro atoms. The highest BCUT2D eigenvalue weighted by atomic mass is 31.2. The lowest BCUT2D eigenvalue weighted by molar-refractivity contribution is -0.152. The second-order valence-corrected chi connectivity index (χ2v) is 11.1. The number of hydrogen-bond acceptors (Lipinski definition) is 10. The zero-order valence-corrected chi connectivity index (χ0v) is 21.7. The maximum Gasteiger partial charge on any atom is 0.362 e. The summed E-state index contributed by atoms with van der Waals surface area (Å²) in [7, 11) is -2.93. The molecule has 1 aromatic heterocycles. The normalized spacial score (nSPS) is 20.0. The Kier molecular flexibility index (Phi) is 8.53. The largest absolute Gasteiger partial charge is 0.464 e. The number of aromatic nitrogens is 3. The minimum Gasteiger partial charge on any atom is -0.464 e. The van der Waals surface area contributed by atoms with Crippen LogP contribution in [0.5, 0.6) is 0 Å². The first-order chi connectivity index (χ1) is 17.7. The highest BCUT2D eigenvalue weighted by Gasteiger charge is 2.52. The highest BCUT2D eigenvalue weighted by molar-refractivity contribution is 7.54. The fraction of sp³-hybridized carbons (Fsp3) is 0.400. The van der Waals surface area contributed by atoms with Crippen molar-refractivity contribution in [1.29, 1.82) is 0 Å². The minimum atomic E-state index is -4.17. The third kappa shape index (κ3) is 6.89. The van der Waals surface area contributed by atoms with Crippen LogP contribution in [0.3, 0.4) is 0 Å². The number of esters is 1. The first-order valence-electron chi connectivity index (χ1n) is 11.7. The maximum absolute atomic E-state index is 14.1. The fourth-order valence-corrected chi connectivity index (χ4v) is 5.53. The highest BCUT2D eigenvalue weighted by Crippen LogP contribution is 2.56. The molecule has 2 heterocycles. The summed E-state index contributed by atoms with van der Waals surface area (Å²) < 4.78 is 43.6. The number of methoxy groups -OCH3 is 1. The summed E-state index contributed by atoms with van der Waals surface area (Å²) in [5, 5.41) is 19.1. The molecule has 37 heavy (non-hydrogen) atoms. The van der Waals surface area contributed by atoms with Crippen LogP contribution in [-0.4, -0.2) is 57.0 Å². The number of rotatable bonds is 11. The molecule has 1 aliphatic heterocycles. The zero-order valence-electron chi connectivity index (χ0n) is 20.8. The third-order valence-corrected chi connectivity index (χ3v) is 7.57. The Morgan fingerprint density at radius 2 is 1.62 bits per heavy atom. The van der Waals surface area contributed by atoms with Crippen LogP contribution in [0.2, 0.25) is 0 Å². The predicted molar refractivity (Wildman–Crippen MR) is 131 cm³/mol. The first-order valence-corrected chi connectivity index (χ1v) is 13.3. The van der Waals surface area contributed by atoms with Gasteiger partial charge in [0.2, 0.25) is 0 Å². The third-order valence-electron chi connectivity index (χ3n) is 5.65. The van der Waals surface area contributed by atoms with Gasteiger partial charge in [0.25, 0.3) is 0 Å². The number of nitrogens with zero attached hydrogens (tertiary/aromatic N) is 3. The number of hydrogen-bond donors (Lipinski definition) is 1. The van der Waals surface area contributed by atoms with Crippen molar-refractivity contribution < 1.29 is 37.7 Å². The Balaban J connectivity index is 1.56.